The number of aldehydes is 1. The van der Waals surface area contributed by atoms with Gasteiger partial charge in [-0.05, 0) is 179 Å². The number of imidazole rings is 4. The number of carbonyl (C=O) groups excluding carboxylic acids is 1. The summed E-state index contributed by atoms with van der Waals surface area (Å²) in [4.78, 5) is 55.9. The van der Waals surface area contributed by atoms with Gasteiger partial charge in [-0.15, -0.1) is 0 Å². The third-order valence-electron chi connectivity index (χ3n) is 15.4. The molecule has 0 spiro atoms. The number of carbonyl (C=O) groups is 1. The van der Waals surface area contributed by atoms with Crippen molar-refractivity contribution in [2.24, 2.45) is 4.99 Å². The van der Waals surface area contributed by atoms with Gasteiger partial charge in [0.15, 0.2) is 6.29 Å². The fourth-order valence-electron chi connectivity index (χ4n) is 9.77. The smallest absolute Gasteiger partial charge is 0.151 e. The van der Waals surface area contributed by atoms with Crippen LogP contribution in [0.25, 0.3) is 45.6 Å². The van der Waals surface area contributed by atoms with Crippen molar-refractivity contribution in [3.63, 3.8) is 0 Å². The minimum absolute atomic E-state index is 0.265. The molecule has 1 aliphatic rings. The third-order valence-corrected chi connectivity index (χ3v) is 16.1. The summed E-state index contributed by atoms with van der Waals surface area (Å²) in [5.41, 5.74) is 19.6. The Morgan fingerprint density at radius 1 is 0.463 bits per heavy atom. The van der Waals surface area contributed by atoms with E-state index < -0.39 is 6.85 Å². The molecule has 0 bridgehead atoms. The highest BCUT2D eigenvalue weighted by molar-refractivity contribution is 9.10. The predicted octanol–water partition coefficient (Wildman–Crippen LogP) is 16.2. The van der Waals surface area contributed by atoms with Crippen LogP contribution in [-0.4, -0.2) is 88.8 Å². The predicted molar refractivity (Wildman–Crippen MR) is 385 cm³/mol. The highest BCUT2D eigenvalue weighted by atomic mass is 79.9. The number of rotatable bonds is 12. The molecule has 0 amide bonds. The molecule has 0 radical (unpaired) electrons. The van der Waals surface area contributed by atoms with E-state index in [4.69, 9.17) is 4.11 Å². The number of hydrogen-bond donors (Lipinski definition) is 2. The Balaban J connectivity index is 0.000000142. The summed E-state index contributed by atoms with van der Waals surface area (Å²) in [7, 11) is 0. The van der Waals surface area contributed by atoms with Crippen molar-refractivity contribution < 1.29 is 8.91 Å². The quantitative estimate of drug-likeness (QED) is 0.111. The number of hydrogen-bond acceptors (Lipinski definition) is 12. The molecule has 0 unspecified atom stereocenters. The van der Waals surface area contributed by atoms with Gasteiger partial charge in [0.1, 0.15) is 33.7 Å². The van der Waals surface area contributed by atoms with Crippen LogP contribution in [0.5, 0.6) is 0 Å². The van der Waals surface area contributed by atoms with Crippen molar-refractivity contribution in [3.8, 4) is 45.6 Å². The monoisotopic (exact) mass is 1320 g/mol. The molecule has 95 heavy (non-hydrogen) atoms. The molecular formula is C78H80BrN15O. The lowest BCUT2D eigenvalue weighted by Gasteiger charge is -2.12. The molecule has 10 heterocycles. The summed E-state index contributed by atoms with van der Waals surface area (Å²) in [5, 5.41) is 3.20. The largest absolute Gasteiger partial charge is 0.368 e. The van der Waals surface area contributed by atoms with Crippen molar-refractivity contribution >= 4 is 28.1 Å². The third kappa shape index (κ3) is 19.8. The second-order valence-corrected chi connectivity index (χ2v) is 23.6. The number of aromatic amines is 1. The summed E-state index contributed by atoms with van der Waals surface area (Å²) >= 11 is 3.59. The highest BCUT2D eigenvalue weighted by Crippen LogP contribution is 2.26. The zero-order valence-corrected chi connectivity index (χ0v) is 56.7. The SMILES string of the molecule is Cc1ccc(-c2ncc(Br)n2Cc2ccccc2C)cn1.Cc1ccc(-c2ncc[nH]2)cn1.Cc1ccc(-c2nccn2Cc2ccccc2C)cn1.Cc1ccc(C2=NCCN2)cn1.Cc1ccc(C=O)cn1.[2H]C([2H])([2H])c1cnc(-c2ccc(C)cc2)n1Cc1ccccc1C. The van der Waals surface area contributed by atoms with E-state index in [0.717, 1.165) is 133 Å². The molecule has 16 nitrogen and oxygen atoms in total. The summed E-state index contributed by atoms with van der Waals surface area (Å²) in [6.07, 6.45) is 20.5. The molecular weight excluding hydrogens is 1240 g/mol. The minimum atomic E-state index is -2.20. The Morgan fingerprint density at radius 2 is 0.947 bits per heavy atom. The van der Waals surface area contributed by atoms with Crippen molar-refractivity contribution in [3.05, 3.63) is 315 Å². The topological polar surface area (TPSA) is 188 Å². The zero-order valence-electron chi connectivity index (χ0n) is 58.1. The first-order valence-electron chi connectivity index (χ1n) is 32.7. The van der Waals surface area contributed by atoms with Crippen LogP contribution < -0.4 is 5.32 Å². The number of aryl methyl sites for hydroxylation is 10. The van der Waals surface area contributed by atoms with E-state index in [1.807, 2.05) is 183 Å². The minimum Gasteiger partial charge on any atom is -0.368 e. The van der Waals surface area contributed by atoms with Crippen LogP contribution in [0.4, 0.5) is 0 Å². The fraction of sp³-hybridized carbons (Fsp3) is 0.192. The van der Waals surface area contributed by atoms with E-state index in [1.165, 1.54) is 28.5 Å². The van der Waals surface area contributed by atoms with E-state index in [9.17, 15) is 4.79 Å². The maximum Gasteiger partial charge on any atom is 0.151 e. The second kappa shape index (κ2) is 34.1. The molecule has 0 saturated carbocycles. The number of nitrogens with one attached hydrogen (secondary N) is 2. The van der Waals surface area contributed by atoms with Gasteiger partial charge in [0, 0.05) is 153 Å². The molecule has 17 heteroatoms. The lowest BCUT2D eigenvalue weighted by atomic mass is 10.1. The summed E-state index contributed by atoms with van der Waals surface area (Å²) in [6.45, 7) is 19.9. The van der Waals surface area contributed by atoms with Crippen LogP contribution in [0.2, 0.25) is 0 Å². The number of amidine groups is 1. The van der Waals surface area contributed by atoms with Gasteiger partial charge in [0.2, 0.25) is 0 Å². The van der Waals surface area contributed by atoms with Crippen LogP contribution in [0, 0.1) is 69.2 Å². The van der Waals surface area contributed by atoms with Crippen LogP contribution in [0.15, 0.2) is 235 Å². The summed E-state index contributed by atoms with van der Waals surface area (Å²) < 4.78 is 30.5. The van der Waals surface area contributed by atoms with E-state index in [0.29, 0.717) is 17.9 Å². The second-order valence-electron chi connectivity index (χ2n) is 22.8. The number of aliphatic imine (C=N–C) groups is 1. The molecule has 14 rings (SSSR count). The van der Waals surface area contributed by atoms with E-state index in [-0.39, 0.29) is 5.69 Å². The van der Waals surface area contributed by atoms with Crippen molar-refractivity contribution in [1.82, 2.24) is 68.9 Å². The molecule has 0 atom stereocenters. The first-order chi connectivity index (χ1) is 47.3. The number of nitrogens with zero attached hydrogens (tertiary/aromatic N) is 13. The number of halogens is 1. The molecule has 9 aromatic heterocycles. The number of benzene rings is 4. The van der Waals surface area contributed by atoms with Gasteiger partial charge in [-0.3, -0.25) is 34.7 Å². The fourth-order valence-corrected chi connectivity index (χ4v) is 10.2. The average Bonchev–Trinajstić information content (AvgIpc) is 1.63. The Hall–Kier alpha value is -10.9. The number of pyridine rings is 5. The highest BCUT2D eigenvalue weighted by Gasteiger charge is 2.14. The standard InChI is InChI=1S/C19H20N2.C17H16BrN3.C17H17N3.C9H11N3.C9H9N3.C7H7NO/c1-14-8-10-17(11-9-14)19-20-12-16(3)21(19)13-18-7-5-4-6-15(18)2;1-12-5-3-4-6-15(12)11-21-16(18)10-20-17(21)14-8-7-13(2)19-9-14;1-13-5-3-4-6-16(13)12-20-10-9-18-17(20)15-8-7-14(2)19-11-15;2*1-7-2-3-8(6-12-7)9-10-4-5-11-9;1-6-2-3-7(5-9)4-8-6/h4-12H,13H2,1-3H3;3-10H,11H2,1-2H3;3-11H,12H2,1-2H3;2-3,6H,4-5H2,1H3,(H,10,11);2-6H,1H3,(H,10,11);2-5H,1H3/i3D3;;;;;. The van der Waals surface area contributed by atoms with Crippen LogP contribution in [0.1, 0.15) is 93.1 Å². The van der Waals surface area contributed by atoms with E-state index >= 15 is 0 Å². The molecule has 0 saturated heterocycles. The van der Waals surface area contributed by atoms with Gasteiger partial charge < -0.3 is 24.0 Å². The van der Waals surface area contributed by atoms with Gasteiger partial charge in [-0.1, -0.05) is 103 Å². The zero-order chi connectivity index (χ0) is 69.6. The molecule has 0 fully saturated rings. The molecule has 480 valence electrons. The first kappa shape index (κ1) is 64.2. The maximum atomic E-state index is 10.1. The molecule has 4 aromatic carbocycles. The van der Waals surface area contributed by atoms with E-state index in [2.05, 4.69) is 160 Å². The Morgan fingerprint density at radius 3 is 1.43 bits per heavy atom. The van der Waals surface area contributed by atoms with Gasteiger partial charge in [-0.25, -0.2) is 19.9 Å². The van der Waals surface area contributed by atoms with Gasteiger partial charge in [-0.2, -0.15) is 0 Å². The number of H-pyrrole nitrogens is 1. The normalized spacial score (nSPS) is 11.7. The molecule has 1 aliphatic heterocycles. The maximum absolute atomic E-state index is 10.1. The van der Waals surface area contributed by atoms with Crippen molar-refractivity contribution in [1.29, 1.82) is 0 Å². The first-order valence-corrected chi connectivity index (χ1v) is 32.0. The average molecular weight is 1330 g/mol. The van der Waals surface area contributed by atoms with Gasteiger partial charge >= 0.3 is 0 Å². The Bertz CT molecular complexity index is 4660. The molecule has 0 aliphatic carbocycles. The Labute approximate surface area is 569 Å². The Kier molecular flexibility index (Phi) is 23.1. The molecule has 2 N–H and O–H groups in total. The summed E-state index contributed by atoms with van der Waals surface area (Å²) in [6, 6.07) is 52.6. The van der Waals surface area contributed by atoms with Crippen LogP contribution in [-0.2, 0) is 19.6 Å². The van der Waals surface area contributed by atoms with Crippen LogP contribution in [0.3, 0.4) is 0 Å². The molecule has 13 aromatic rings. The van der Waals surface area contributed by atoms with Crippen molar-refractivity contribution in [2.45, 2.75) is 88.8 Å². The van der Waals surface area contributed by atoms with Gasteiger partial charge in [0.25, 0.3) is 0 Å². The lowest BCUT2D eigenvalue weighted by Crippen LogP contribution is -2.19. The van der Waals surface area contributed by atoms with Gasteiger partial charge in [0.05, 0.1) is 19.3 Å². The van der Waals surface area contributed by atoms with E-state index in [1.54, 1.807) is 29.2 Å². The van der Waals surface area contributed by atoms with Crippen LogP contribution >= 0.6 is 15.9 Å². The van der Waals surface area contributed by atoms with Crippen molar-refractivity contribution in [2.75, 3.05) is 13.1 Å². The lowest BCUT2D eigenvalue weighted by molar-refractivity contribution is 0.112. The summed E-state index contributed by atoms with van der Waals surface area (Å²) in [5.74, 6) is 4.41. The number of aromatic nitrogens is 13.